The highest BCUT2D eigenvalue weighted by Gasteiger charge is 2.29. The molecule has 1 saturated heterocycles. The first-order chi connectivity index (χ1) is 7.59. The number of hydrogen-bond acceptors (Lipinski definition) is 2. The van der Waals surface area contributed by atoms with Crippen LogP contribution in [0.1, 0.15) is 5.56 Å². The predicted molar refractivity (Wildman–Crippen MR) is 63.4 cm³/mol. The quantitative estimate of drug-likeness (QED) is 0.632. The Bertz CT molecular complexity index is 497. The zero-order valence-electron chi connectivity index (χ0n) is 8.53. The molecule has 3 amide bonds. The summed E-state index contributed by atoms with van der Waals surface area (Å²) in [5.74, 6) is -0.319. The fraction of sp³-hybridized carbons (Fsp3) is 0.0909. The minimum absolute atomic E-state index is 0.291. The maximum Gasteiger partial charge on any atom is 0.328 e. The Balaban J connectivity index is 2.37. The van der Waals surface area contributed by atoms with Gasteiger partial charge < -0.3 is 5.32 Å². The summed E-state index contributed by atoms with van der Waals surface area (Å²) in [6.45, 7) is 0. The number of nitrogens with one attached hydrogen (secondary N) is 1. The van der Waals surface area contributed by atoms with E-state index in [9.17, 15) is 9.59 Å². The topological polar surface area (TPSA) is 49.4 Å². The van der Waals surface area contributed by atoms with Gasteiger partial charge in [0.25, 0.3) is 5.91 Å². The van der Waals surface area contributed by atoms with E-state index in [0.29, 0.717) is 5.70 Å². The standard InChI is InChI=1S/C11H9BrN2O2/c1-14-10(15)9(13-11(14)16)6-7-4-2-3-5-8(7)12/h2-6H,1H3,(H,13,16)/b9-6+. The Labute approximate surface area is 101 Å². The maximum absolute atomic E-state index is 11.6. The smallest absolute Gasteiger partial charge is 0.303 e. The molecule has 1 aliphatic rings. The first kappa shape index (κ1) is 10.9. The summed E-state index contributed by atoms with van der Waals surface area (Å²) in [5.41, 5.74) is 1.14. The van der Waals surface area contributed by atoms with Crippen molar-refractivity contribution in [3.63, 3.8) is 0 Å². The van der Waals surface area contributed by atoms with Gasteiger partial charge in [-0.05, 0) is 17.7 Å². The Morgan fingerprint density at radius 3 is 2.56 bits per heavy atom. The van der Waals surface area contributed by atoms with Crippen LogP contribution < -0.4 is 5.32 Å². The lowest BCUT2D eigenvalue weighted by atomic mass is 10.2. The Morgan fingerprint density at radius 1 is 1.31 bits per heavy atom. The molecule has 5 heteroatoms. The second kappa shape index (κ2) is 4.09. The number of nitrogens with zero attached hydrogens (tertiary/aromatic N) is 1. The van der Waals surface area contributed by atoms with Gasteiger partial charge in [0.15, 0.2) is 0 Å². The number of hydrogen-bond donors (Lipinski definition) is 1. The lowest BCUT2D eigenvalue weighted by molar-refractivity contribution is -0.121. The number of carbonyl (C=O) groups is 2. The number of halogens is 1. The van der Waals surface area contributed by atoms with E-state index in [1.807, 2.05) is 24.3 Å². The van der Waals surface area contributed by atoms with Crippen LogP contribution >= 0.6 is 15.9 Å². The summed E-state index contributed by atoms with van der Waals surface area (Å²) in [5, 5.41) is 2.51. The predicted octanol–water partition coefficient (Wildman–Crippen LogP) is 1.97. The van der Waals surface area contributed by atoms with Crippen molar-refractivity contribution >= 4 is 33.9 Å². The van der Waals surface area contributed by atoms with E-state index in [0.717, 1.165) is 14.9 Å². The van der Waals surface area contributed by atoms with Crippen LogP contribution in [0.5, 0.6) is 0 Å². The molecule has 0 atom stereocenters. The van der Waals surface area contributed by atoms with Gasteiger partial charge >= 0.3 is 6.03 Å². The summed E-state index contributed by atoms with van der Waals surface area (Å²) >= 11 is 3.37. The van der Waals surface area contributed by atoms with Crippen molar-refractivity contribution in [1.82, 2.24) is 10.2 Å². The van der Waals surface area contributed by atoms with E-state index in [4.69, 9.17) is 0 Å². The van der Waals surface area contributed by atoms with Crippen LogP contribution in [0.2, 0.25) is 0 Å². The molecule has 16 heavy (non-hydrogen) atoms. The fourth-order valence-corrected chi connectivity index (χ4v) is 1.77. The number of carbonyl (C=O) groups excluding carboxylic acids is 2. The molecular weight excluding hydrogens is 272 g/mol. The minimum atomic E-state index is -0.400. The number of urea groups is 1. The maximum atomic E-state index is 11.6. The van der Waals surface area contributed by atoms with Crippen LogP contribution in [0, 0.1) is 0 Å². The third kappa shape index (κ3) is 1.86. The number of amides is 3. The lowest BCUT2D eigenvalue weighted by Gasteiger charge is -2.00. The van der Waals surface area contributed by atoms with E-state index in [1.54, 1.807) is 6.08 Å². The van der Waals surface area contributed by atoms with E-state index in [1.165, 1.54) is 7.05 Å². The molecular formula is C11H9BrN2O2. The first-order valence-electron chi connectivity index (χ1n) is 4.65. The van der Waals surface area contributed by atoms with Gasteiger partial charge in [-0.3, -0.25) is 9.69 Å². The highest BCUT2D eigenvalue weighted by Crippen LogP contribution is 2.20. The molecule has 0 radical (unpaired) electrons. The summed E-state index contributed by atoms with van der Waals surface area (Å²) < 4.78 is 0.874. The zero-order chi connectivity index (χ0) is 11.7. The third-order valence-electron chi connectivity index (χ3n) is 2.29. The Morgan fingerprint density at radius 2 is 2.00 bits per heavy atom. The van der Waals surface area contributed by atoms with E-state index < -0.39 is 6.03 Å². The summed E-state index contributed by atoms with van der Waals surface area (Å²) in [7, 11) is 1.44. The molecule has 1 N–H and O–H groups in total. The number of benzene rings is 1. The zero-order valence-corrected chi connectivity index (χ0v) is 10.1. The van der Waals surface area contributed by atoms with Crippen LogP contribution in [0.25, 0.3) is 6.08 Å². The Hall–Kier alpha value is -1.62. The molecule has 1 fully saturated rings. The van der Waals surface area contributed by atoms with Gasteiger partial charge in [-0.25, -0.2) is 4.79 Å². The molecule has 1 aliphatic heterocycles. The molecule has 0 saturated carbocycles. The summed E-state index contributed by atoms with van der Waals surface area (Å²) in [6, 6.07) is 7.07. The van der Waals surface area contributed by atoms with Gasteiger partial charge in [0, 0.05) is 11.5 Å². The molecule has 2 rings (SSSR count). The van der Waals surface area contributed by atoms with Crippen LogP contribution in [-0.2, 0) is 4.79 Å². The lowest BCUT2D eigenvalue weighted by Crippen LogP contribution is -2.25. The van der Waals surface area contributed by atoms with Crippen molar-refractivity contribution in [3.8, 4) is 0 Å². The monoisotopic (exact) mass is 280 g/mol. The number of likely N-dealkylation sites (N-methyl/N-ethyl adjacent to an activating group) is 1. The van der Waals surface area contributed by atoms with E-state index >= 15 is 0 Å². The van der Waals surface area contributed by atoms with Crippen LogP contribution in [-0.4, -0.2) is 23.9 Å². The van der Waals surface area contributed by atoms with Crippen LogP contribution in [0.3, 0.4) is 0 Å². The number of rotatable bonds is 1. The molecule has 0 aromatic heterocycles. The van der Waals surface area contributed by atoms with Gasteiger partial charge in [-0.2, -0.15) is 0 Å². The Kier molecular flexibility index (Phi) is 2.78. The SMILES string of the molecule is CN1C(=O)N/C(=C/c2ccccc2Br)C1=O. The van der Waals surface area contributed by atoms with Gasteiger partial charge in [0.05, 0.1) is 0 Å². The van der Waals surface area contributed by atoms with Crippen molar-refractivity contribution < 1.29 is 9.59 Å². The van der Waals surface area contributed by atoms with Crippen molar-refractivity contribution in [3.05, 3.63) is 40.0 Å². The van der Waals surface area contributed by atoms with Crippen molar-refractivity contribution in [2.45, 2.75) is 0 Å². The fourth-order valence-electron chi connectivity index (χ4n) is 1.37. The second-order valence-electron chi connectivity index (χ2n) is 3.37. The second-order valence-corrected chi connectivity index (χ2v) is 4.23. The minimum Gasteiger partial charge on any atom is -0.303 e. The molecule has 0 unspecified atom stereocenters. The molecule has 0 bridgehead atoms. The first-order valence-corrected chi connectivity index (χ1v) is 5.44. The largest absolute Gasteiger partial charge is 0.328 e. The van der Waals surface area contributed by atoms with Gasteiger partial charge in [0.2, 0.25) is 0 Å². The number of imide groups is 1. The van der Waals surface area contributed by atoms with E-state index in [2.05, 4.69) is 21.2 Å². The highest BCUT2D eigenvalue weighted by atomic mass is 79.9. The summed E-state index contributed by atoms with van der Waals surface area (Å²) in [4.78, 5) is 23.8. The average Bonchev–Trinajstić information content (AvgIpc) is 2.50. The molecule has 1 aromatic carbocycles. The van der Waals surface area contributed by atoms with Crippen molar-refractivity contribution in [2.24, 2.45) is 0 Å². The van der Waals surface area contributed by atoms with Gasteiger partial charge in [-0.1, -0.05) is 34.1 Å². The molecule has 82 valence electrons. The molecule has 1 aromatic rings. The highest BCUT2D eigenvalue weighted by molar-refractivity contribution is 9.10. The molecule has 4 nitrogen and oxygen atoms in total. The average molecular weight is 281 g/mol. The van der Waals surface area contributed by atoms with Crippen molar-refractivity contribution in [1.29, 1.82) is 0 Å². The summed E-state index contributed by atoms with van der Waals surface area (Å²) in [6.07, 6.45) is 1.65. The van der Waals surface area contributed by atoms with Gasteiger partial charge in [0.1, 0.15) is 5.70 Å². The normalized spacial score (nSPS) is 18.1. The van der Waals surface area contributed by atoms with E-state index in [-0.39, 0.29) is 5.91 Å². The molecule has 1 heterocycles. The third-order valence-corrected chi connectivity index (χ3v) is 3.01. The van der Waals surface area contributed by atoms with Crippen LogP contribution in [0.15, 0.2) is 34.4 Å². The van der Waals surface area contributed by atoms with Gasteiger partial charge in [-0.15, -0.1) is 0 Å². The molecule has 0 spiro atoms. The molecule has 0 aliphatic carbocycles. The van der Waals surface area contributed by atoms with Crippen molar-refractivity contribution in [2.75, 3.05) is 7.05 Å². The van der Waals surface area contributed by atoms with Crippen LogP contribution in [0.4, 0.5) is 4.79 Å².